The molecule has 0 saturated carbocycles. The van der Waals surface area contributed by atoms with Crippen LogP contribution in [0, 0.1) is 0 Å². The van der Waals surface area contributed by atoms with Crippen LogP contribution in [0.25, 0.3) is 0 Å². The molecule has 0 N–H and O–H groups in total. The maximum absolute atomic E-state index is 6.66. The molecular weight excluding hydrogens is 371 g/mol. The van der Waals surface area contributed by atoms with E-state index >= 15 is 0 Å². The molecule has 4 nitrogen and oxygen atoms in total. The third-order valence-electron chi connectivity index (χ3n) is 6.51. The van der Waals surface area contributed by atoms with Crippen molar-refractivity contribution in [3.8, 4) is 0 Å². The largest absolute Gasteiger partial charge is 0.486 e. The van der Waals surface area contributed by atoms with Gasteiger partial charge in [0.2, 0.25) is 0 Å². The summed E-state index contributed by atoms with van der Waals surface area (Å²) >= 11 is 0. The Morgan fingerprint density at radius 1 is 0.889 bits per heavy atom. The fourth-order valence-corrected chi connectivity index (χ4v) is 4.44. The fourth-order valence-electron chi connectivity index (χ4n) is 2.17. The topological polar surface area (TPSA) is 36.9 Å². The third kappa shape index (κ3) is 7.12. The second-order valence-corrected chi connectivity index (χ2v) is 20.5. The van der Waals surface area contributed by atoms with Gasteiger partial charge in [0.25, 0.3) is 0 Å². The first-order valence-corrected chi connectivity index (χ1v) is 16.1. The lowest BCUT2D eigenvalue weighted by Crippen LogP contribution is -2.47. The van der Waals surface area contributed by atoms with Crippen LogP contribution in [-0.2, 0) is 18.2 Å². The second kappa shape index (κ2) is 8.84. The van der Waals surface area contributed by atoms with Crippen LogP contribution in [0.4, 0.5) is 0 Å². The van der Waals surface area contributed by atoms with Crippen LogP contribution in [0.5, 0.6) is 0 Å². The molecule has 1 aliphatic heterocycles. The van der Waals surface area contributed by atoms with Crippen molar-refractivity contribution in [2.75, 3.05) is 6.61 Å². The molecule has 7 heteroatoms. The first-order chi connectivity index (χ1) is 12.0. The molecule has 1 aliphatic rings. The van der Waals surface area contributed by atoms with Gasteiger partial charge >= 0.3 is 7.12 Å². The van der Waals surface area contributed by atoms with Crippen LogP contribution < -0.4 is 0 Å². The maximum Gasteiger partial charge on any atom is 0.486 e. The number of rotatable bonds is 7. The molecule has 0 aliphatic carbocycles. The highest BCUT2D eigenvalue weighted by Crippen LogP contribution is 2.39. The van der Waals surface area contributed by atoms with Gasteiger partial charge in [-0.3, -0.25) is 0 Å². The predicted octanol–water partition coefficient (Wildman–Crippen LogP) is 5.81. The van der Waals surface area contributed by atoms with Crippen LogP contribution in [0.1, 0.15) is 55.4 Å². The minimum absolute atomic E-state index is 0.0848. The van der Waals surface area contributed by atoms with Crippen LogP contribution in [0.2, 0.25) is 36.3 Å². The van der Waals surface area contributed by atoms with E-state index in [2.05, 4.69) is 73.8 Å². The maximum atomic E-state index is 6.66. The van der Waals surface area contributed by atoms with Crippen molar-refractivity contribution in [2.45, 2.75) is 110 Å². The summed E-state index contributed by atoms with van der Waals surface area (Å²) in [6.45, 7) is 27.4. The molecule has 0 bridgehead atoms. The van der Waals surface area contributed by atoms with Crippen molar-refractivity contribution >= 4 is 23.8 Å². The summed E-state index contributed by atoms with van der Waals surface area (Å²) in [7, 11) is -4.04. The lowest BCUT2D eigenvalue weighted by Gasteiger charge is -2.41. The minimum atomic E-state index is -1.91. The molecule has 158 valence electrons. The molecule has 0 aromatic carbocycles. The van der Waals surface area contributed by atoms with E-state index in [9.17, 15) is 0 Å². The SMILES string of the molecule is CC1OB(/C=C/C(CO[Si](C)(C)C(C)(C)C)O[Si](C)(C)C(C)(C)C)OC1C. The highest BCUT2D eigenvalue weighted by molar-refractivity contribution is 6.74. The Morgan fingerprint density at radius 3 is 1.74 bits per heavy atom. The van der Waals surface area contributed by atoms with Gasteiger partial charge in [0.15, 0.2) is 16.6 Å². The Balaban J connectivity index is 2.89. The second-order valence-electron chi connectivity index (χ2n) is 10.9. The zero-order valence-electron chi connectivity index (χ0n) is 19.8. The Morgan fingerprint density at radius 2 is 1.33 bits per heavy atom. The summed E-state index contributed by atoms with van der Waals surface area (Å²) in [5, 5.41) is 0.334. The molecule has 1 fully saturated rings. The van der Waals surface area contributed by atoms with Gasteiger partial charge in [-0.15, -0.1) is 0 Å². The summed E-state index contributed by atoms with van der Waals surface area (Å²) in [6, 6.07) is 0. The van der Waals surface area contributed by atoms with Crippen molar-refractivity contribution < 1.29 is 18.2 Å². The van der Waals surface area contributed by atoms with Crippen molar-refractivity contribution in [1.82, 2.24) is 0 Å². The zero-order chi connectivity index (χ0) is 21.3. The molecule has 3 unspecified atom stereocenters. The smallest absolute Gasteiger partial charge is 0.414 e. The van der Waals surface area contributed by atoms with E-state index in [0.717, 1.165) is 0 Å². The van der Waals surface area contributed by atoms with Crippen molar-refractivity contribution in [3.63, 3.8) is 0 Å². The highest BCUT2D eigenvalue weighted by Gasteiger charge is 2.41. The van der Waals surface area contributed by atoms with Gasteiger partial charge in [-0.05, 0) is 50.1 Å². The molecule has 0 spiro atoms. The Kier molecular flexibility index (Phi) is 8.22. The quantitative estimate of drug-likeness (QED) is 0.493. The molecular formula is C20H43BO4Si2. The van der Waals surface area contributed by atoms with Crippen LogP contribution in [0.15, 0.2) is 12.1 Å². The van der Waals surface area contributed by atoms with Crippen LogP contribution in [-0.4, -0.2) is 48.7 Å². The van der Waals surface area contributed by atoms with Crippen molar-refractivity contribution in [2.24, 2.45) is 0 Å². The van der Waals surface area contributed by atoms with Gasteiger partial charge < -0.3 is 18.2 Å². The van der Waals surface area contributed by atoms with E-state index in [1.807, 2.05) is 19.8 Å². The lowest BCUT2D eigenvalue weighted by molar-refractivity contribution is 0.141. The zero-order valence-corrected chi connectivity index (χ0v) is 21.8. The average Bonchev–Trinajstić information content (AvgIpc) is 2.78. The van der Waals surface area contributed by atoms with E-state index < -0.39 is 16.6 Å². The highest BCUT2D eigenvalue weighted by atomic mass is 28.4. The van der Waals surface area contributed by atoms with Crippen LogP contribution >= 0.6 is 0 Å². The first-order valence-electron chi connectivity index (χ1n) is 10.3. The Bertz CT molecular complexity index is 499. The standard InChI is InChI=1S/C20H43BO4Si2/c1-16-17(2)24-21(23-16)14-13-18(25-27(11,12)20(6,7)8)15-22-26(9,10)19(3,4)5/h13-14,16-18H,15H2,1-12H3/b14-13+. The molecule has 27 heavy (non-hydrogen) atoms. The Labute approximate surface area is 170 Å². The molecule has 0 aromatic heterocycles. The van der Waals surface area contributed by atoms with E-state index in [1.54, 1.807) is 0 Å². The first kappa shape index (κ1) is 25.1. The Hall–Kier alpha value is 0.0787. The molecule has 1 heterocycles. The minimum Gasteiger partial charge on any atom is -0.414 e. The molecule has 0 aromatic rings. The summed E-state index contributed by atoms with van der Waals surface area (Å²) in [4.78, 5) is 0. The molecule has 0 amide bonds. The normalized spacial score (nSPS) is 24.1. The van der Waals surface area contributed by atoms with Crippen molar-refractivity contribution in [3.05, 3.63) is 12.1 Å². The molecule has 1 saturated heterocycles. The van der Waals surface area contributed by atoms with Gasteiger partial charge in [-0.1, -0.05) is 53.6 Å². The summed E-state index contributed by atoms with van der Waals surface area (Å²) in [5.74, 6) is 1.99. The van der Waals surface area contributed by atoms with Gasteiger partial charge in [0.1, 0.15) is 0 Å². The van der Waals surface area contributed by atoms with Gasteiger partial charge in [-0.2, -0.15) is 0 Å². The van der Waals surface area contributed by atoms with Gasteiger partial charge in [0, 0.05) is 0 Å². The summed E-state index contributed by atoms with van der Waals surface area (Å²) in [5.41, 5.74) is 0. The fraction of sp³-hybridized carbons (Fsp3) is 0.900. The summed E-state index contributed by atoms with van der Waals surface area (Å²) < 4.78 is 24.8. The van der Waals surface area contributed by atoms with Gasteiger partial charge in [-0.25, -0.2) is 0 Å². The van der Waals surface area contributed by atoms with E-state index in [0.29, 0.717) is 6.61 Å². The molecule has 1 rings (SSSR count). The van der Waals surface area contributed by atoms with Gasteiger partial charge in [0.05, 0.1) is 24.9 Å². The molecule has 3 atom stereocenters. The van der Waals surface area contributed by atoms with E-state index in [4.69, 9.17) is 18.2 Å². The summed E-state index contributed by atoms with van der Waals surface area (Å²) in [6.07, 6.45) is 2.23. The average molecular weight is 415 g/mol. The van der Waals surface area contributed by atoms with Crippen molar-refractivity contribution in [1.29, 1.82) is 0 Å². The lowest BCUT2D eigenvalue weighted by atomic mass is 9.90. The third-order valence-corrected chi connectivity index (χ3v) is 15.5. The van der Waals surface area contributed by atoms with E-state index in [1.165, 1.54) is 0 Å². The van der Waals surface area contributed by atoms with E-state index in [-0.39, 0.29) is 35.5 Å². The number of hydrogen-bond acceptors (Lipinski definition) is 4. The number of hydrogen-bond donors (Lipinski definition) is 0. The predicted molar refractivity (Wildman–Crippen MR) is 121 cm³/mol. The molecule has 0 radical (unpaired) electrons. The van der Waals surface area contributed by atoms with Crippen LogP contribution in [0.3, 0.4) is 0 Å². The monoisotopic (exact) mass is 414 g/mol.